The standard InChI is InChI=1S/C13H20F2N4O/c1-12(2,3)5-8-4-10(19-18-8)17-11(20)9-6-13(14,15)7-16-9/h4,9,16H,5-7H2,1-3H3,(H2,17,18,19,20). The largest absolute Gasteiger partial charge is 0.308 e. The molecule has 1 saturated heterocycles. The smallest absolute Gasteiger partial charge is 0.262 e. The molecular weight excluding hydrogens is 266 g/mol. The van der Waals surface area contributed by atoms with E-state index in [-0.39, 0.29) is 5.41 Å². The first-order valence-electron chi connectivity index (χ1n) is 6.61. The van der Waals surface area contributed by atoms with Crippen LogP contribution in [0.4, 0.5) is 14.6 Å². The number of carbonyl (C=O) groups is 1. The number of nitrogens with zero attached hydrogens (tertiary/aromatic N) is 1. The van der Waals surface area contributed by atoms with Crippen LogP contribution in [0.5, 0.6) is 0 Å². The summed E-state index contributed by atoms with van der Waals surface area (Å²) in [5.41, 5.74) is 1.00. The topological polar surface area (TPSA) is 69.8 Å². The summed E-state index contributed by atoms with van der Waals surface area (Å²) in [5.74, 6) is -2.92. The minimum Gasteiger partial charge on any atom is -0.308 e. The van der Waals surface area contributed by atoms with E-state index >= 15 is 0 Å². The van der Waals surface area contributed by atoms with Gasteiger partial charge in [-0.25, -0.2) is 8.78 Å². The van der Waals surface area contributed by atoms with E-state index in [4.69, 9.17) is 0 Å². The Balaban J connectivity index is 1.92. The molecule has 20 heavy (non-hydrogen) atoms. The summed E-state index contributed by atoms with van der Waals surface area (Å²) < 4.78 is 26.0. The monoisotopic (exact) mass is 286 g/mol. The van der Waals surface area contributed by atoms with Gasteiger partial charge in [0.05, 0.1) is 12.6 Å². The second-order valence-electron chi connectivity index (χ2n) is 6.50. The van der Waals surface area contributed by atoms with Gasteiger partial charge in [-0.3, -0.25) is 15.2 Å². The Hall–Kier alpha value is -1.50. The average Bonchev–Trinajstić information content (AvgIpc) is 2.83. The summed E-state index contributed by atoms with van der Waals surface area (Å²) in [4.78, 5) is 11.8. The molecule has 1 aliphatic heterocycles. The molecule has 112 valence electrons. The maximum atomic E-state index is 13.0. The predicted molar refractivity (Wildman–Crippen MR) is 71.7 cm³/mol. The molecule has 1 unspecified atom stereocenters. The highest BCUT2D eigenvalue weighted by atomic mass is 19.3. The van der Waals surface area contributed by atoms with Crippen molar-refractivity contribution in [2.45, 2.75) is 45.6 Å². The van der Waals surface area contributed by atoms with Crippen molar-refractivity contribution in [3.05, 3.63) is 11.8 Å². The Labute approximate surface area is 116 Å². The van der Waals surface area contributed by atoms with Crippen molar-refractivity contribution in [3.8, 4) is 0 Å². The number of aromatic amines is 1. The molecule has 0 spiro atoms. The number of H-pyrrole nitrogens is 1. The molecule has 0 aromatic carbocycles. The third kappa shape index (κ3) is 4.00. The molecule has 7 heteroatoms. The molecule has 1 aromatic heterocycles. The fourth-order valence-electron chi connectivity index (χ4n) is 2.20. The Morgan fingerprint density at radius 3 is 2.80 bits per heavy atom. The molecule has 0 aliphatic carbocycles. The molecule has 5 nitrogen and oxygen atoms in total. The number of nitrogens with one attached hydrogen (secondary N) is 3. The molecule has 0 radical (unpaired) electrons. The lowest BCUT2D eigenvalue weighted by Crippen LogP contribution is -2.35. The maximum Gasteiger partial charge on any atom is 0.262 e. The first-order valence-corrected chi connectivity index (χ1v) is 6.61. The summed E-state index contributed by atoms with van der Waals surface area (Å²) in [6.45, 7) is 5.82. The quantitative estimate of drug-likeness (QED) is 0.795. The second kappa shape index (κ2) is 5.12. The zero-order valence-corrected chi connectivity index (χ0v) is 11.9. The summed E-state index contributed by atoms with van der Waals surface area (Å²) in [7, 11) is 0. The first kappa shape index (κ1) is 14.9. The van der Waals surface area contributed by atoms with Crippen LogP contribution in [0, 0.1) is 5.41 Å². The highest BCUT2D eigenvalue weighted by Crippen LogP contribution is 2.26. The van der Waals surface area contributed by atoms with E-state index in [1.54, 1.807) is 6.07 Å². The molecule has 1 aliphatic rings. The summed E-state index contributed by atoms with van der Waals surface area (Å²) >= 11 is 0. The van der Waals surface area contributed by atoms with Crippen LogP contribution in [0.1, 0.15) is 32.9 Å². The molecule has 1 fully saturated rings. The molecular formula is C13H20F2N4O. The van der Waals surface area contributed by atoms with Crippen LogP contribution in [0.2, 0.25) is 0 Å². The van der Waals surface area contributed by atoms with E-state index in [9.17, 15) is 13.6 Å². The van der Waals surface area contributed by atoms with Gasteiger partial charge in [0, 0.05) is 18.2 Å². The van der Waals surface area contributed by atoms with Crippen LogP contribution in [0.25, 0.3) is 0 Å². The number of aromatic nitrogens is 2. The average molecular weight is 286 g/mol. The van der Waals surface area contributed by atoms with Gasteiger partial charge in [0.1, 0.15) is 0 Å². The van der Waals surface area contributed by atoms with Crippen molar-refractivity contribution in [1.29, 1.82) is 0 Å². The van der Waals surface area contributed by atoms with E-state index in [1.807, 2.05) is 0 Å². The van der Waals surface area contributed by atoms with Gasteiger partial charge in [0.2, 0.25) is 5.91 Å². The number of hydrogen-bond donors (Lipinski definition) is 3. The maximum absolute atomic E-state index is 13.0. The number of carbonyl (C=O) groups excluding carboxylic acids is 1. The van der Waals surface area contributed by atoms with Crippen LogP contribution in [-0.2, 0) is 11.2 Å². The Bertz CT molecular complexity index is 493. The van der Waals surface area contributed by atoms with Crippen molar-refractivity contribution < 1.29 is 13.6 Å². The SMILES string of the molecule is CC(C)(C)Cc1cc(NC(=O)C2CC(F)(F)CN2)n[nH]1. The lowest BCUT2D eigenvalue weighted by molar-refractivity contribution is -0.118. The van der Waals surface area contributed by atoms with E-state index in [0.29, 0.717) is 5.82 Å². The lowest BCUT2D eigenvalue weighted by atomic mass is 9.91. The summed E-state index contributed by atoms with van der Waals surface area (Å²) in [5, 5.41) is 11.9. The van der Waals surface area contributed by atoms with Crippen LogP contribution >= 0.6 is 0 Å². The van der Waals surface area contributed by atoms with Gasteiger partial charge < -0.3 is 5.32 Å². The highest BCUT2D eigenvalue weighted by Gasteiger charge is 2.42. The fourth-order valence-corrected chi connectivity index (χ4v) is 2.20. The van der Waals surface area contributed by atoms with Gasteiger partial charge in [-0.2, -0.15) is 5.10 Å². The Morgan fingerprint density at radius 1 is 1.55 bits per heavy atom. The zero-order valence-electron chi connectivity index (χ0n) is 11.9. The predicted octanol–water partition coefficient (Wildman–Crippen LogP) is 1.93. The second-order valence-corrected chi connectivity index (χ2v) is 6.50. The molecule has 0 saturated carbocycles. The van der Waals surface area contributed by atoms with Gasteiger partial charge in [-0.05, 0) is 11.8 Å². The minimum absolute atomic E-state index is 0.100. The molecule has 3 N–H and O–H groups in total. The van der Waals surface area contributed by atoms with Crippen molar-refractivity contribution in [3.63, 3.8) is 0 Å². The van der Waals surface area contributed by atoms with Gasteiger partial charge in [0.15, 0.2) is 5.82 Å². The summed E-state index contributed by atoms with van der Waals surface area (Å²) in [6, 6.07) is 0.865. The van der Waals surface area contributed by atoms with Crippen LogP contribution in [0.15, 0.2) is 6.07 Å². The highest BCUT2D eigenvalue weighted by molar-refractivity contribution is 5.94. The number of halogens is 2. The summed E-state index contributed by atoms with van der Waals surface area (Å²) in [6.07, 6.45) is 0.313. The number of rotatable bonds is 3. The number of alkyl halides is 2. The molecule has 2 rings (SSSR count). The van der Waals surface area contributed by atoms with Gasteiger partial charge >= 0.3 is 0 Å². The van der Waals surface area contributed by atoms with Crippen molar-refractivity contribution >= 4 is 11.7 Å². The number of anilines is 1. The van der Waals surface area contributed by atoms with Crippen molar-refractivity contribution in [2.24, 2.45) is 5.41 Å². The molecule has 1 amide bonds. The molecule has 1 aromatic rings. The van der Waals surface area contributed by atoms with Gasteiger partial charge in [-0.1, -0.05) is 20.8 Å². The van der Waals surface area contributed by atoms with E-state index in [1.165, 1.54) is 0 Å². The molecule has 0 bridgehead atoms. The van der Waals surface area contributed by atoms with Crippen LogP contribution < -0.4 is 10.6 Å². The van der Waals surface area contributed by atoms with Crippen LogP contribution in [-0.4, -0.2) is 34.6 Å². The Kier molecular flexibility index (Phi) is 3.82. The first-order chi connectivity index (χ1) is 9.15. The number of hydrogen-bond acceptors (Lipinski definition) is 3. The fraction of sp³-hybridized carbons (Fsp3) is 0.692. The van der Waals surface area contributed by atoms with Gasteiger partial charge in [0.25, 0.3) is 5.92 Å². The van der Waals surface area contributed by atoms with E-state index < -0.39 is 30.8 Å². The lowest BCUT2D eigenvalue weighted by Gasteiger charge is -2.15. The third-order valence-corrected chi connectivity index (χ3v) is 3.03. The molecule has 1 atom stereocenters. The third-order valence-electron chi connectivity index (χ3n) is 3.03. The zero-order chi connectivity index (χ0) is 15.0. The van der Waals surface area contributed by atoms with Crippen molar-refractivity contribution in [1.82, 2.24) is 15.5 Å². The Morgan fingerprint density at radius 2 is 2.25 bits per heavy atom. The minimum atomic E-state index is -2.81. The van der Waals surface area contributed by atoms with E-state index in [0.717, 1.165) is 12.1 Å². The van der Waals surface area contributed by atoms with Gasteiger partial charge in [-0.15, -0.1) is 0 Å². The molecule has 2 heterocycles. The van der Waals surface area contributed by atoms with Crippen molar-refractivity contribution in [2.75, 3.05) is 11.9 Å². The van der Waals surface area contributed by atoms with Crippen LogP contribution in [0.3, 0.4) is 0 Å². The number of amides is 1. The van der Waals surface area contributed by atoms with E-state index in [2.05, 4.69) is 41.6 Å². The normalized spacial score (nSPS) is 21.9.